The summed E-state index contributed by atoms with van der Waals surface area (Å²) >= 11 is 0. The molecular formula is C14H19NO2. The van der Waals surface area contributed by atoms with Crippen LogP contribution in [-0.2, 0) is 11.3 Å². The number of hydrogen-bond acceptors (Lipinski definition) is 2. The van der Waals surface area contributed by atoms with E-state index in [0.717, 1.165) is 6.54 Å². The van der Waals surface area contributed by atoms with Gasteiger partial charge < -0.3 is 5.11 Å². The summed E-state index contributed by atoms with van der Waals surface area (Å²) in [5.41, 5.74) is 2.53. The zero-order valence-electron chi connectivity index (χ0n) is 10.2. The van der Waals surface area contributed by atoms with Gasteiger partial charge >= 0.3 is 5.97 Å². The third kappa shape index (κ3) is 3.86. The molecule has 1 aromatic rings. The van der Waals surface area contributed by atoms with Crippen molar-refractivity contribution < 1.29 is 9.90 Å². The van der Waals surface area contributed by atoms with E-state index in [0.29, 0.717) is 12.6 Å². The van der Waals surface area contributed by atoms with Crippen LogP contribution in [0.25, 0.3) is 0 Å². The number of aryl methyl sites for hydroxylation is 1. The average Bonchev–Trinajstić information content (AvgIpc) is 3.10. The van der Waals surface area contributed by atoms with Crippen LogP contribution in [0.1, 0.15) is 30.4 Å². The van der Waals surface area contributed by atoms with Gasteiger partial charge in [0.2, 0.25) is 0 Å². The van der Waals surface area contributed by atoms with E-state index in [-0.39, 0.29) is 6.42 Å². The molecule has 1 saturated carbocycles. The smallest absolute Gasteiger partial charge is 0.304 e. The minimum atomic E-state index is -0.709. The largest absolute Gasteiger partial charge is 0.481 e. The molecule has 0 saturated heterocycles. The Morgan fingerprint density at radius 2 is 2.00 bits per heavy atom. The second-order valence-electron chi connectivity index (χ2n) is 4.83. The Kier molecular flexibility index (Phi) is 3.79. The Bertz CT molecular complexity index is 382. The molecule has 1 N–H and O–H groups in total. The molecule has 1 aromatic carbocycles. The molecule has 92 valence electrons. The van der Waals surface area contributed by atoms with E-state index in [1.54, 1.807) is 0 Å². The molecule has 3 nitrogen and oxygen atoms in total. The number of benzene rings is 1. The van der Waals surface area contributed by atoms with Gasteiger partial charge in [-0.05, 0) is 25.3 Å². The molecule has 1 aliphatic rings. The van der Waals surface area contributed by atoms with E-state index >= 15 is 0 Å². The lowest BCUT2D eigenvalue weighted by atomic mass is 10.1. The molecule has 0 aliphatic heterocycles. The lowest BCUT2D eigenvalue weighted by molar-refractivity contribution is -0.137. The molecule has 0 unspecified atom stereocenters. The Labute approximate surface area is 102 Å². The van der Waals surface area contributed by atoms with Gasteiger partial charge in [-0.3, -0.25) is 9.69 Å². The van der Waals surface area contributed by atoms with Crippen molar-refractivity contribution in [2.75, 3.05) is 6.54 Å². The van der Waals surface area contributed by atoms with Crippen molar-refractivity contribution in [1.82, 2.24) is 4.90 Å². The van der Waals surface area contributed by atoms with E-state index < -0.39 is 5.97 Å². The number of aliphatic carboxylic acids is 1. The fourth-order valence-corrected chi connectivity index (χ4v) is 2.00. The van der Waals surface area contributed by atoms with E-state index in [2.05, 4.69) is 36.1 Å². The molecule has 1 aliphatic carbocycles. The fourth-order valence-electron chi connectivity index (χ4n) is 2.00. The Morgan fingerprint density at radius 3 is 2.53 bits per heavy atom. The van der Waals surface area contributed by atoms with Crippen molar-refractivity contribution in [1.29, 1.82) is 0 Å². The van der Waals surface area contributed by atoms with E-state index in [9.17, 15) is 4.79 Å². The van der Waals surface area contributed by atoms with Gasteiger partial charge in [-0.25, -0.2) is 0 Å². The summed E-state index contributed by atoms with van der Waals surface area (Å²) in [4.78, 5) is 12.9. The molecule has 0 heterocycles. The number of hydrogen-bond donors (Lipinski definition) is 1. The minimum Gasteiger partial charge on any atom is -0.481 e. The van der Waals surface area contributed by atoms with Crippen LogP contribution in [0.3, 0.4) is 0 Å². The van der Waals surface area contributed by atoms with Crippen molar-refractivity contribution in [3.05, 3.63) is 35.4 Å². The highest BCUT2D eigenvalue weighted by molar-refractivity contribution is 5.66. The normalized spacial score (nSPS) is 15.2. The summed E-state index contributed by atoms with van der Waals surface area (Å²) in [6.45, 7) is 3.61. The van der Waals surface area contributed by atoms with Crippen molar-refractivity contribution in [3.8, 4) is 0 Å². The summed E-state index contributed by atoms with van der Waals surface area (Å²) in [7, 11) is 0. The first-order chi connectivity index (χ1) is 8.15. The quantitative estimate of drug-likeness (QED) is 0.820. The Hall–Kier alpha value is -1.35. The van der Waals surface area contributed by atoms with Crippen molar-refractivity contribution >= 4 is 5.97 Å². The van der Waals surface area contributed by atoms with Gasteiger partial charge in [-0.2, -0.15) is 0 Å². The lowest BCUT2D eigenvalue weighted by Crippen LogP contribution is -2.28. The highest BCUT2D eigenvalue weighted by Gasteiger charge is 2.28. The topological polar surface area (TPSA) is 40.5 Å². The highest BCUT2D eigenvalue weighted by Crippen LogP contribution is 2.28. The Balaban J connectivity index is 1.92. The summed E-state index contributed by atoms with van der Waals surface area (Å²) in [5.74, 6) is -0.709. The first-order valence-electron chi connectivity index (χ1n) is 6.16. The van der Waals surface area contributed by atoms with Crippen LogP contribution in [-0.4, -0.2) is 28.6 Å². The van der Waals surface area contributed by atoms with Crippen LogP contribution in [0.15, 0.2) is 24.3 Å². The number of rotatable bonds is 6. The van der Waals surface area contributed by atoms with E-state index in [1.807, 2.05) is 0 Å². The Morgan fingerprint density at radius 1 is 1.35 bits per heavy atom. The predicted octanol–water partition coefficient (Wildman–Crippen LogP) is 2.43. The first kappa shape index (κ1) is 12.1. The van der Waals surface area contributed by atoms with Crippen LogP contribution in [0.4, 0.5) is 0 Å². The minimum absolute atomic E-state index is 0.238. The zero-order chi connectivity index (χ0) is 12.3. The maximum Gasteiger partial charge on any atom is 0.304 e. The van der Waals surface area contributed by atoms with Gasteiger partial charge in [0.15, 0.2) is 0 Å². The standard InChI is InChI=1S/C14H19NO2/c1-11-2-4-12(5-3-11)10-15(13-6-7-13)9-8-14(16)17/h2-5,13H,6-10H2,1H3,(H,16,17). The van der Waals surface area contributed by atoms with Gasteiger partial charge in [-0.15, -0.1) is 0 Å². The van der Waals surface area contributed by atoms with Gasteiger partial charge in [-0.1, -0.05) is 29.8 Å². The third-order valence-corrected chi connectivity index (χ3v) is 3.18. The second kappa shape index (κ2) is 5.32. The summed E-state index contributed by atoms with van der Waals surface area (Å²) < 4.78 is 0. The summed E-state index contributed by atoms with van der Waals surface area (Å²) in [6, 6.07) is 9.09. The number of carboxylic acid groups (broad SMARTS) is 1. The van der Waals surface area contributed by atoms with Crippen LogP contribution in [0, 0.1) is 6.92 Å². The second-order valence-corrected chi connectivity index (χ2v) is 4.83. The SMILES string of the molecule is Cc1ccc(CN(CCC(=O)O)C2CC2)cc1. The molecule has 17 heavy (non-hydrogen) atoms. The van der Waals surface area contributed by atoms with E-state index in [1.165, 1.54) is 24.0 Å². The molecule has 0 radical (unpaired) electrons. The van der Waals surface area contributed by atoms with E-state index in [4.69, 9.17) is 5.11 Å². The molecule has 0 aromatic heterocycles. The molecule has 0 spiro atoms. The monoisotopic (exact) mass is 233 g/mol. The third-order valence-electron chi connectivity index (χ3n) is 3.18. The summed E-state index contributed by atoms with van der Waals surface area (Å²) in [6.07, 6.45) is 2.67. The number of carboxylic acids is 1. The van der Waals surface area contributed by atoms with Crippen LogP contribution < -0.4 is 0 Å². The number of carbonyl (C=O) groups is 1. The van der Waals surface area contributed by atoms with Crippen molar-refractivity contribution in [2.45, 2.75) is 38.8 Å². The van der Waals surface area contributed by atoms with Crippen molar-refractivity contribution in [2.24, 2.45) is 0 Å². The van der Waals surface area contributed by atoms with Crippen LogP contribution in [0.2, 0.25) is 0 Å². The molecule has 0 bridgehead atoms. The molecule has 2 rings (SSSR count). The van der Waals surface area contributed by atoms with Gasteiger partial charge in [0.05, 0.1) is 6.42 Å². The highest BCUT2D eigenvalue weighted by atomic mass is 16.4. The zero-order valence-corrected chi connectivity index (χ0v) is 10.2. The molecule has 1 fully saturated rings. The summed E-state index contributed by atoms with van der Waals surface area (Å²) in [5, 5.41) is 8.74. The first-order valence-corrected chi connectivity index (χ1v) is 6.16. The molecular weight excluding hydrogens is 214 g/mol. The average molecular weight is 233 g/mol. The van der Waals surface area contributed by atoms with Gasteiger partial charge in [0, 0.05) is 19.1 Å². The molecule has 3 heteroatoms. The fraction of sp³-hybridized carbons (Fsp3) is 0.500. The number of nitrogens with zero attached hydrogens (tertiary/aromatic N) is 1. The predicted molar refractivity (Wildman–Crippen MR) is 66.9 cm³/mol. The van der Waals surface area contributed by atoms with Crippen LogP contribution in [0.5, 0.6) is 0 Å². The maximum atomic E-state index is 10.6. The molecule has 0 amide bonds. The maximum absolute atomic E-state index is 10.6. The van der Waals surface area contributed by atoms with Gasteiger partial charge in [0.1, 0.15) is 0 Å². The van der Waals surface area contributed by atoms with Gasteiger partial charge in [0.25, 0.3) is 0 Å². The van der Waals surface area contributed by atoms with Crippen molar-refractivity contribution in [3.63, 3.8) is 0 Å². The van der Waals surface area contributed by atoms with Crippen LogP contribution >= 0.6 is 0 Å². The lowest BCUT2D eigenvalue weighted by Gasteiger charge is -2.21. The molecule has 0 atom stereocenters.